The highest BCUT2D eigenvalue weighted by atomic mass is 32.2. The minimum atomic E-state index is -4.85. The number of ether oxygens (including phenoxy) is 1. The monoisotopic (exact) mass is 533 g/mol. The normalized spacial score (nSPS) is 29.0. The summed E-state index contributed by atoms with van der Waals surface area (Å²) in [4.78, 5) is 27.8. The Balaban J connectivity index is 1.43. The van der Waals surface area contributed by atoms with Crippen molar-refractivity contribution < 1.29 is 35.9 Å². The summed E-state index contributed by atoms with van der Waals surface area (Å²) in [5, 5.41) is 9.07. The van der Waals surface area contributed by atoms with E-state index in [1.807, 2.05) is 0 Å². The zero-order chi connectivity index (χ0) is 26.8. The predicted molar refractivity (Wildman–Crippen MR) is 123 cm³/mol. The van der Waals surface area contributed by atoms with Crippen molar-refractivity contribution in [3.63, 3.8) is 0 Å². The number of nitriles is 1. The number of hydrogen-bond donors (Lipinski definition) is 1. The fourth-order valence-electron chi connectivity index (χ4n) is 5.95. The highest BCUT2D eigenvalue weighted by Crippen LogP contribution is 2.62. The summed E-state index contributed by atoms with van der Waals surface area (Å²) >= 11 is 0. The van der Waals surface area contributed by atoms with E-state index in [1.165, 1.54) is 18.2 Å². The van der Waals surface area contributed by atoms with Crippen LogP contribution in [-0.2, 0) is 30.5 Å². The maximum Gasteiger partial charge on any atom is 0.417 e. The van der Waals surface area contributed by atoms with Crippen molar-refractivity contribution in [1.29, 1.82) is 5.26 Å². The molecule has 0 saturated carbocycles. The van der Waals surface area contributed by atoms with Crippen LogP contribution < -0.4 is 9.62 Å². The van der Waals surface area contributed by atoms with E-state index < -0.39 is 62.2 Å². The predicted octanol–water partition coefficient (Wildman–Crippen LogP) is 3.37. The smallest absolute Gasteiger partial charge is 0.367 e. The molecule has 194 valence electrons. The van der Waals surface area contributed by atoms with E-state index in [2.05, 4.69) is 4.72 Å². The van der Waals surface area contributed by atoms with Crippen LogP contribution in [0.2, 0.25) is 0 Å². The van der Waals surface area contributed by atoms with Crippen LogP contribution in [0.4, 0.5) is 18.9 Å². The van der Waals surface area contributed by atoms with Crippen molar-refractivity contribution in [1.82, 2.24) is 4.72 Å². The molecule has 0 spiro atoms. The molecule has 0 radical (unpaired) electrons. The van der Waals surface area contributed by atoms with Crippen LogP contribution >= 0.6 is 0 Å². The number of carbonyl (C=O) groups excluding carboxylic acids is 2. The number of nitrogens with zero attached hydrogens (tertiary/aromatic N) is 2. The number of hydrogen-bond acceptors (Lipinski definition) is 6. The third-order valence-corrected chi connectivity index (χ3v) is 9.07. The molecule has 2 amide bonds. The number of rotatable bonds is 6. The first kappa shape index (κ1) is 25.4. The lowest BCUT2D eigenvalue weighted by atomic mass is 9.67. The van der Waals surface area contributed by atoms with Crippen molar-refractivity contribution in [2.75, 3.05) is 11.4 Å². The first-order valence-electron chi connectivity index (χ1n) is 11.6. The number of imide groups is 1. The van der Waals surface area contributed by atoms with Gasteiger partial charge in [-0.1, -0.05) is 18.2 Å². The number of alkyl halides is 3. The Morgan fingerprint density at radius 1 is 1.11 bits per heavy atom. The summed E-state index contributed by atoms with van der Waals surface area (Å²) in [5.74, 6) is -3.24. The van der Waals surface area contributed by atoms with E-state index in [4.69, 9.17) is 10.00 Å². The number of fused-ring (bicyclic) bond motifs is 5. The highest BCUT2D eigenvalue weighted by molar-refractivity contribution is 7.89. The molecule has 3 heterocycles. The summed E-state index contributed by atoms with van der Waals surface area (Å²) in [6, 6.07) is 12.0. The molecule has 5 rings (SSSR count). The number of carbonyl (C=O) groups is 2. The summed E-state index contributed by atoms with van der Waals surface area (Å²) in [6.07, 6.45) is -3.92. The first-order valence-corrected chi connectivity index (χ1v) is 13.1. The maximum atomic E-state index is 13.6. The van der Waals surface area contributed by atoms with Crippen LogP contribution in [0.1, 0.15) is 37.3 Å². The van der Waals surface area contributed by atoms with E-state index >= 15 is 0 Å². The molecule has 0 unspecified atom stereocenters. The Hall–Kier alpha value is -3.27. The summed E-state index contributed by atoms with van der Waals surface area (Å²) < 4.78 is 74.6. The van der Waals surface area contributed by atoms with Gasteiger partial charge in [0.25, 0.3) is 0 Å². The number of benzene rings is 2. The van der Waals surface area contributed by atoms with Crippen molar-refractivity contribution in [2.24, 2.45) is 11.8 Å². The van der Waals surface area contributed by atoms with Crippen LogP contribution in [0.15, 0.2) is 53.4 Å². The van der Waals surface area contributed by atoms with Gasteiger partial charge in [-0.25, -0.2) is 18.0 Å². The molecule has 3 saturated heterocycles. The number of halogens is 3. The Kier molecular flexibility index (Phi) is 5.74. The molecular weight excluding hydrogens is 511 g/mol. The van der Waals surface area contributed by atoms with Gasteiger partial charge in [0.1, 0.15) is 0 Å². The number of nitrogens with one attached hydrogen (secondary N) is 1. The molecule has 3 aliphatic heterocycles. The van der Waals surface area contributed by atoms with Crippen molar-refractivity contribution >= 4 is 27.5 Å². The number of anilines is 1. The average molecular weight is 534 g/mol. The van der Waals surface area contributed by atoms with Gasteiger partial charge in [0, 0.05) is 6.54 Å². The number of amides is 2. The van der Waals surface area contributed by atoms with Crippen LogP contribution in [0.5, 0.6) is 0 Å². The fraction of sp³-hybridized carbons (Fsp3) is 0.400. The molecule has 37 heavy (non-hydrogen) atoms. The third kappa shape index (κ3) is 3.93. The molecule has 12 heteroatoms. The Morgan fingerprint density at radius 2 is 1.78 bits per heavy atom. The lowest BCUT2D eigenvalue weighted by molar-refractivity contribution is -0.138. The molecule has 0 aliphatic carbocycles. The van der Waals surface area contributed by atoms with Gasteiger partial charge >= 0.3 is 6.18 Å². The summed E-state index contributed by atoms with van der Waals surface area (Å²) in [6.45, 7) is 1.63. The van der Waals surface area contributed by atoms with Crippen LogP contribution in [0, 0.1) is 23.2 Å². The molecule has 1 N–H and O–H groups in total. The van der Waals surface area contributed by atoms with Gasteiger partial charge in [0.2, 0.25) is 21.8 Å². The van der Waals surface area contributed by atoms with E-state index in [-0.39, 0.29) is 23.5 Å². The standard InChI is InChI=1S/C25H22F3N3O5S/c1-23-9-10-24(36-23,11-12-30-37(34,35)17-5-3-2-4-6-17)20-19(23)21(32)31(22(20)33)16-8-7-15(14-29)18(13-16)25(26,27)28/h2-8,13,19-20,30H,9-12H2,1H3/t19-,20+,23+,24+/m1/s1. The second-order valence-electron chi connectivity index (χ2n) is 9.75. The molecule has 2 aromatic rings. The van der Waals surface area contributed by atoms with Gasteiger partial charge < -0.3 is 4.74 Å². The van der Waals surface area contributed by atoms with Crippen LogP contribution in [0.3, 0.4) is 0 Å². The molecule has 8 nitrogen and oxygen atoms in total. The highest BCUT2D eigenvalue weighted by Gasteiger charge is 2.73. The largest absolute Gasteiger partial charge is 0.417 e. The molecule has 2 aromatic carbocycles. The van der Waals surface area contributed by atoms with Gasteiger partial charge in [-0.2, -0.15) is 18.4 Å². The zero-order valence-corrected chi connectivity index (χ0v) is 20.4. The second-order valence-corrected chi connectivity index (χ2v) is 11.5. The molecular formula is C25H22F3N3O5S. The van der Waals surface area contributed by atoms with Gasteiger partial charge in [0.15, 0.2) is 0 Å². The topological polar surface area (TPSA) is 117 Å². The quantitative estimate of drug-likeness (QED) is 0.569. The molecule has 0 aromatic heterocycles. The fourth-order valence-corrected chi connectivity index (χ4v) is 7.00. The third-order valence-electron chi connectivity index (χ3n) is 7.59. The van der Waals surface area contributed by atoms with E-state index in [0.29, 0.717) is 18.9 Å². The van der Waals surface area contributed by atoms with Gasteiger partial charge in [-0.3, -0.25) is 9.59 Å². The average Bonchev–Trinajstić information content (AvgIpc) is 3.43. The minimum Gasteiger partial charge on any atom is -0.367 e. The van der Waals surface area contributed by atoms with E-state index in [0.717, 1.165) is 17.0 Å². The minimum absolute atomic E-state index is 0.0624. The Bertz CT molecular complexity index is 1440. The Morgan fingerprint density at radius 3 is 2.43 bits per heavy atom. The molecule has 3 aliphatic rings. The summed E-state index contributed by atoms with van der Waals surface area (Å²) in [7, 11) is -3.81. The van der Waals surface area contributed by atoms with Gasteiger partial charge in [0.05, 0.1) is 50.8 Å². The molecule has 4 atom stereocenters. The molecule has 2 bridgehead atoms. The second kappa shape index (κ2) is 8.37. The van der Waals surface area contributed by atoms with E-state index in [1.54, 1.807) is 25.1 Å². The van der Waals surface area contributed by atoms with E-state index in [9.17, 15) is 31.2 Å². The first-order chi connectivity index (χ1) is 17.3. The lowest BCUT2D eigenvalue weighted by Crippen LogP contribution is -2.44. The van der Waals surface area contributed by atoms with Crippen molar-refractivity contribution in [3.05, 3.63) is 59.7 Å². The lowest BCUT2D eigenvalue weighted by Gasteiger charge is -2.31. The molecule has 3 fully saturated rings. The maximum absolute atomic E-state index is 13.6. The summed E-state index contributed by atoms with van der Waals surface area (Å²) in [5.41, 5.74) is -4.27. The SMILES string of the molecule is C[C@@]12CC[C@@](CCNS(=O)(=O)c3ccccc3)(O1)[C@@H]1C(=O)N(c3ccc(C#N)c(C(F)(F)F)c3)C(=O)[C@@H]12. The number of sulfonamides is 1. The Labute approximate surface area is 211 Å². The van der Waals surface area contributed by atoms with Crippen LogP contribution in [0.25, 0.3) is 0 Å². The van der Waals surface area contributed by atoms with Crippen molar-refractivity contribution in [2.45, 2.75) is 48.5 Å². The van der Waals surface area contributed by atoms with Gasteiger partial charge in [-0.15, -0.1) is 0 Å². The van der Waals surface area contributed by atoms with Crippen molar-refractivity contribution in [3.8, 4) is 6.07 Å². The van der Waals surface area contributed by atoms with Crippen LogP contribution in [-0.4, -0.2) is 38.0 Å². The zero-order valence-electron chi connectivity index (χ0n) is 19.6. The van der Waals surface area contributed by atoms with Gasteiger partial charge in [-0.05, 0) is 56.5 Å².